The molecule has 0 radical (unpaired) electrons. The third-order valence-electron chi connectivity index (χ3n) is 1.77. The molecule has 0 aromatic carbocycles. The summed E-state index contributed by atoms with van der Waals surface area (Å²) in [6.07, 6.45) is 7.79. The Bertz CT molecular complexity index is 161. The van der Waals surface area contributed by atoms with Gasteiger partial charge in [-0.1, -0.05) is 19.1 Å². The number of allylic oxidation sites excluding steroid dienone is 1. The van der Waals surface area contributed by atoms with Crippen molar-refractivity contribution in [2.24, 2.45) is 0 Å². The van der Waals surface area contributed by atoms with Crippen LogP contribution in [-0.2, 0) is 9.53 Å². The summed E-state index contributed by atoms with van der Waals surface area (Å²) >= 11 is 0. The molecule has 1 aliphatic heterocycles. The van der Waals surface area contributed by atoms with E-state index in [-0.39, 0.29) is 12.1 Å². The maximum atomic E-state index is 10.6. The molecule has 2 nitrogen and oxygen atoms in total. The van der Waals surface area contributed by atoms with Crippen LogP contribution in [0.5, 0.6) is 0 Å². The monoisotopic (exact) mass is 154 g/mol. The zero-order valence-electron chi connectivity index (χ0n) is 6.88. The number of ether oxygens (including phenoxy) is 1. The number of hydrogen-bond acceptors (Lipinski definition) is 2. The Morgan fingerprint density at radius 3 is 3.00 bits per heavy atom. The third-order valence-corrected chi connectivity index (χ3v) is 1.77. The van der Waals surface area contributed by atoms with Crippen LogP contribution >= 0.6 is 0 Å². The Labute approximate surface area is 67.2 Å². The van der Waals surface area contributed by atoms with Crippen molar-refractivity contribution in [2.45, 2.75) is 38.7 Å². The normalized spacial score (nSPS) is 24.5. The molecule has 0 aromatic rings. The molecule has 1 atom stereocenters. The van der Waals surface area contributed by atoms with Crippen molar-refractivity contribution in [3.05, 3.63) is 12.2 Å². The first-order valence-corrected chi connectivity index (χ1v) is 4.17. The van der Waals surface area contributed by atoms with Crippen molar-refractivity contribution in [1.29, 1.82) is 0 Å². The summed E-state index contributed by atoms with van der Waals surface area (Å²) in [6.45, 7) is 2.09. The van der Waals surface area contributed by atoms with Gasteiger partial charge in [-0.15, -0.1) is 0 Å². The SMILES string of the molecule is CCC=CC[C@@H]1CCC(=O)O1. The van der Waals surface area contributed by atoms with E-state index in [9.17, 15) is 4.79 Å². The fourth-order valence-electron chi connectivity index (χ4n) is 1.16. The molecule has 2 heteroatoms. The molecular weight excluding hydrogens is 140 g/mol. The number of esters is 1. The second-order valence-electron chi connectivity index (χ2n) is 2.77. The topological polar surface area (TPSA) is 26.3 Å². The summed E-state index contributed by atoms with van der Waals surface area (Å²) in [6, 6.07) is 0. The van der Waals surface area contributed by atoms with Crippen LogP contribution in [0, 0.1) is 0 Å². The van der Waals surface area contributed by atoms with Crippen molar-refractivity contribution >= 4 is 5.97 Å². The van der Waals surface area contributed by atoms with Gasteiger partial charge in [0.1, 0.15) is 6.10 Å². The highest BCUT2D eigenvalue weighted by Gasteiger charge is 2.21. The molecule has 1 aliphatic rings. The largest absolute Gasteiger partial charge is 0.462 e. The Kier molecular flexibility index (Phi) is 3.14. The minimum absolute atomic E-state index is 0.0418. The Balaban J connectivity index is 2.18. The Hall–Kier alpha value is -0.790. The first-order chi connectivity index (χ1) is 5.33. The Morgan fingerprint density at radius 1 is 1.64 bits per heavy atom. The summed E-state index contributed by atoms with van der Waals surface area (Å²) in [4.78, 5) is 10.6. The predicted molar refractivity (Wildman–Crippen MR) is 43.2 cm³/mol. The average Bonchev–Trinajstić information content (AvgIpc) is 2.37. The van der Waals surface area contributed by atoms with Gasteiger partial charge >= 0.3 is 5.97 Å². The first-order valence-electron chi connectivity index (χ1n) is 4.17. The van der Waals surface area contributed by atoms with E-state index in [2.05, 4.69) is 19.1 Å². The second-order valence-corrected chi connectivity index (χ2v) is 2.77. The van der Waals surface area contributed by atoms with Gasteiger partial charge in [0.05, 0.1) is 0 Å². The molecule has 0 spiro atoms. The van der Waals surface area contributed by atoms with Gasteiger partial charge in [-0.05, 0) is 12.8 Å². The molecule has 0 bridgehead atoms. The van der Waals surface area contributed by atoms with Crippen LogP contribution in [0.1, 0.15) is 32.6 Å². The van der Waals surface area contributed by atoms with Gasteiger partial charge in [-0.3, -0.25) is 4.79 Å². The highest BCUT2D eigenvalue weighted by atomic mass is 16.5. The van der Waals surface area contributed by atoms with E-state index >= 15 is 0 Å². The maximum Gasteiger partial charge on any atom is 0.306 e. The van der Waals surface area contributed by atoms with Crippen LogP contribution in [0.3, 0.4) is 0 Å². The summed E-state index contributed by atoms with van der Waals surface area (Å²) in [5.41, 5.74) is 0. The molecule has 0 aromatic heterocycles. The lowest BCUT2D eigenvalue weighted by molar-refractivity contribution is -0.141. The predicted octanol–water partition coefficient (Wildman–Crippen LogP) is 2.05. The van der Waals surface area contributed by atoms with Gasteiger partial charge in [0, 0.05) is 12.8 Å². The molecule has 0 N–H and O–H groups in total. The number of hydrogen-bond donors (Lipinski definition) is 0. The lowest BCUT2D eigenvalue weighted by atomic mass is 10.2. The summed E-state index contributed by atoms with van der Waals surface area (Å²) in [5, 5.41) is 0. The fourth-order valence-corrected chi connectivity index (χ4v) is 1.16. The molecule has 0 aliphatic carbocycles. The van der Waals surface area contributed by atoms with Gasteiger partial charge in [-0.25, -0.2) is 0 Å². The Morgan fingerprint density at radius 2 is 2.45 bits per heavy atom. The molecule has 0 unspecified atom stereocenters. The minimum atomic E-state index is -0.0418. The van der Waals surface area contributed by atoms with Crippen molar-refractivity contribution < 1.29 is 9.53 Å². The van der Waals surface area contributed by atoms with E-state index in [1.54, 1.807) is 0 Å². The van der Waals surface area contributed by atoms with E-state index in [4.69, 9.17) is 4.74 Å². The summed E-state index contributed by atoms with van der Waals surface area (Å²) < 4.78 is 5.02. The quantitative estimate of drug-likeness (QED) is 0.459. The molecule has 0 saturated carbocycles. The minimum Gasteiger partial charge on any atom is -0.462 e. The summed E-state index contributed by atoms with van der Waals surface area (Å²) in [5.74, 6) is -0.0418. The van der Waals surface area contributed by atoms with Crippen LogP contribution in [0.15, 0.2) is 12.2 Å². The number of carbonyl (C=O) groups is 1. The smallest absolute Gasteiger partial charge is 0.306 e. The molecule has 1 saturated heterocycles. The maximum absolute atomic E-state index is 10.6. The second kappa shape index (κ2) is 4.16. The molecule has 0 amide bonds. The summed E-state index contributed by atoms with van der Waals surface area (Å²) in [7, 11) is 0. The van der Waals surface area contributed by atoms with Gasteiger partial charge in [-0.2, -0.15) is 0 Å². The van der Waals surface area contributed by atoms with Crippen molar-refractivity contribution in [1.82, 2.24) is 0 Å². The van der Waals surface area contributed by atoms with E-state index in [0.717, 1.165) is 19.3 Å². The first kappa shape index (κ1) is 8.31. The molecule has 11 heavy (non-hydrogen) atoms. The van der Waals surface area contributed by atoms with E-state index in [1.807, 2.05) is 0 Å². The molecular formula is C9H14O2. The lowest BCUT2D eigenvalue weighted by Gasteiger charge is -2.03. The van der Waals surface area contributed by atoms with E-state index in [0.29, 0.717) is 6.42 Å². The number of carbonyl (C=O) groups excluding carboxylic acids is 1. The molecule has 62 valence electrons. The van der Waals surface area contributed by atoms with Crippen LogP contribution in [0.4, 0.5) is 0 Å². The zero-order valence-corrected chi connectivity index (χ0v) is 6.88. The van der Waals surface area contributed by atoms with Crippen LogP contribution in [0.25, 0.3) is 0 Å². The lowest BCUT2D eigenvalue weighted by Crippen LogP contribution is -2.04. The van der Waals surface area contributed by atoms with Crippen LogP contribution < -0.4 is 0 Å². The standard InChI is InChI=1S/C9H14O2/c1-2-3-4-5-8-6-7-9(10)11-8/h3-4,8H,2,5-7H2,1H3/t8-/m1/s1. The molecule has 1 heterocycles. The van der Waals surface area contributed by atoms with Crippen molar-refractivity contribution in [2.75, 3.05) is 0 Å². The third kappa shape index (κ3) is 2.74. The van der Waals surface area contributed by atoms with Gasteiger partial charge in [0.15, 0.2) is 0 Å². The van der Waals surface area contributed by atoms with Crippen molar-refractivity contribution in [3.8, 4) is 0 Å². The van der Waals surface area contributed by atoms with Crippen LogP contribution in [0.2, 0.25) is 0 Å². The number of cyclic esters (lactones) is 1. The number of rotatable bonds is 3. The highest BCUT2D eigenvalue weighted by Crippen LogP contribution is 2.16. The van der Waals surface area contributed by atoms with E-state index in [1.165, 1.54) is 0 Å². The van der Waals surface area contributed by atoms with Gasteiger partial charge in [0.2, 0.25) is 0 Å². The average molecular weight is 154 g/mol. The zero-order chi connectivity index (χ0) is 8.10. The molecule has 1 rings (SSSR count). The fraction of sp³-hybridized carbons (Fsp3) is 0.667. The van der Waals surface area contributed by atoms with Gasteiger partial charge < -0.3 is 4.74 Å². The van der Waals surface area contributed by atoms with Crippen molar-refractivity contribution in [3.63, 3.8) is 0 Å². The molecule has 1 fully saturated rings. The van der Waals surface area contributed by atoms with E-state index < -0.39 is 0 Å². The highest BCUT2D eigenvalue weighted by molar-refractivity contribution is 5.71. The van der Waals surface area contributed by atoms with Crippen LogP contribution in [-0.4, -0.2) is 12.1 Å². The van der Waals surface area contributed by atoms with Gasteiger partial charge in [0.25, 0.3) is 0 Å².